The van der Waals surface area contributed by atoms with Crippen molar-refractivity contribution < 1.29 is 14.3 Å². The van der Waals surface area contributed by atoms with Gasteiger partial charge in [0.25, 0.3) is 5.91 Å². The normalized spacial score (nSPS) is 16.4. The molecule has 1 aromatic heterocycles. The third-order valence-corrected chi connectivity index (χ3v) is 5.04. The first-order valence-corrected chi connectivity index (χ1v) is 9.33. The number of pyridine rings is 1. The van der Waals surface area contributed by atoms with Crippen molar-refractivity contribution in [1.29, 1.82) is 0 Å². The van der Waals surface area contributed by atoms with Crippen LogP contribution in [0.2, 0.25) is 0 Å². The van der Waals surface area contributed by atoms with E-state index in [1.807, 2.05) is 30.3 Å². The third-order valence-electron chi connectivity index (χ3n) is 5.04. The molecule has 142 valence electrons. The van der Waals surface area contributed by atoms with Crippen LogP contribution < -0.4 is 19.7 Å². The van der Waals surface area contributed by atoms with E-state index in [1.165, 1.54) is 0 Å². The lowest BCUT2D eigenvalue weighted by molar-refractivity contribution is 0.0950. The summed E-state index contributed by atoms with van der Waals surface area (Å²) >= 11 is 0. The van der Waals surface area contributed by atoms with Crippen LogP contribution in [-0.4, -0.2) is 55.3 Å². The fraction of sp³-hybridized carbons (Fsp3) is 0.400. The average Bonchev–Trinajstić information content (AvgIpc) is 3.20. The number of carbonyl (C=O) groups excluding carboxylic acids is 1. The molecular formula is C20H24N4O3. The number of nitrogens with one attached hydrogen (secondary N) is 1. The zero-order valence-electron chi connectivity index (χ0n) is 15.5. The number of hydrogen-bond acceptors (Lipinski definition) is 6. The molecular weight excluding hydrogens is 344 g/mol. The molecule has 0 saturated carbocycles. The molecule has 3 heterocycles. The molecule has 27 heavy (non-hydrogen) atoms. The predicted molar refractivity (Wildman–Crippen MR) is 102 cm³/mol. The molecule has 7 heteroatoms. The van der Waals surface area contributed by atoms with Gasteiger partial charge >= 0.3 is 0 Å². The first-order chi connectivity index (χ1) is 13.2. The second-order valence-electron chi connectivity index (χ2n) is 6.70. The van der Waals surface area contributed by atoms with Crippen molar-refractivity contribution in [1.82, 2.24) is 15.2 Å². The maximum absolute atomic E-state index is 12.4. The van der Waals surface area contributed by atoms with E-state index in [2.05, 4.69) is 27.0 Å². The smallest absolute Gasteiger partial charge is 0.253 e. The van der Waals surface area contributed by atoms with Gasteiger partial charge in [0, 0.05) is 38.9 Å². The average molecular weight is 368 g/mol. The van der Waals surface area contributed by atoms with E-state index < -0.39 is 0 Å². The molecule has 0 bridgehead atoms. The lowest BCUT2D eigenvalue weighted by atomic mass is 10.2. The molecule has 1 fully saturated rings. The minimum atomic E-state index is -0.137. The number of likely N-dealkylation sites (N-methyl/N-ethyl adjacent to an activating group) is 1. The van der Waals surface area contributed by atoms with Gasteiger partial charge in [-0.2, -0.15) is 0 Å². The number of ether oxygens (including phenoxy) is 2. The van der Waals surface area contributed by atoms with Gasteiger partial charge in [0.2, 0.25) is 6.79 Å². The molecule has 1 N–H and O–H groups in total. The Balaban J connectivity index is 1.32. The minimum absolute atomic E-state index is 0.137. The van der Waals surface area contributed by atoms with Crippen LogP contribution in [0.4, 0.5) is 5.82 Å². The summed E-state index contributed by atoms with van der Waals surface area (Å²) in [5.74, 6) is 2.25. The van der Waals surface area contributed by atoms with E-state index in [-0.39, 0.29) is 12.7 Å². The molecule has 1 aromatic carbocycles. The molecule has 0 atom stereocenters. The molecule has 0 unspecified atom stereocenters. The molecule has 0 aliphatic carbocycles. The monoisotopic (exact) mass is 368 g/mol. The Morgan fingerprint density at radius 1 is 1.11 bits per heavy atom. The number of anilines is 1. The minimum Gasteiger partial charge on any atom is -0.454 e. The summed E-state index contributed by atoms with van der Waals surface area (Å²) in [6, 6.07) is 9.43. The fourth-order valence-corrected chi connectivity index (χ4v) is 3.34. The van der Waals surface area contributed by atoms with Crippen LogP contribution in [0, 0.1) is 0 Å². The highest BCUT2D eigenvalue weighted by Gasteiger charge is 2.17. The Kier molecular flexibility index (Phi) is 5.11. The van der Waals surface area contributed by atoms with Gasteiger partial charge < -0.3 is 24.6 Å². The van der Waals surface area contributed by atoms with Gasteiger partial charge in [-0.1, -0.05) is 13.0 Å². The summed E-state index contributed by atoms with van der Waals surface area (Å²) < 4.78 is 10.7. The van der Waals surface area contributed by atoms with Crippen molar-refractivity contribution in [2.45, 2.75) is 13.5 Å². The largest absolute Gasteiger partial charge is 0.454 e. The maximum atomic E-state index is 12.4. The van der Waals surface area contributed by atoms with Crippen molar-refractivity contribution in [2.24, 2.45) is 0 Å². The third kappa shape index (κ3) is 3.98. The summed E-state index contributed by atoms with van der Waals surface area (Å²) in [5, 5.41) is 2.92. The molecule has 7 nitrogen and oxygen atoms in total. The first-order valence-electron chi connectivity index (χ1n) is 9.33. The van der Waals surface area contributed by atoms with Gasteiger partial charge in [-0.05, 0) is 36.4 Å². The second kappa shape index (κ2) is 7.84. The molecule has 1 amide bonds. The molecule has 0 spiro atoms. The summed E-state index contributed by atoms with van der Waals surface area (Å²) in [4.78, 5) is 21.6. The highest BCUT2D eigenvalue weighted by atomic mass is 16.7. The van der Waals surface area contributed by atoms with E-state index in [0.29, 0.717) is 12.1 Å². The quantitative estimate of drug-likeness (QED) is 0.869. The highest BCUT2D eigenvalue weighted by molar-refractivity contribution is 5.94. The molecule has 0 radical (unpaired) electrons. The van der Waals surface area contributed by atoms with Crippen molar-refractivity contribution in [2.75, 3.05) is 44.4 Å². The van der Waals surface area contributed by atoms with Gasteiger partial charge in [-0.3, -0.25) is 4.79 Å². The van der Waals surface area contributed by atoms with Crippen LogP contribution in [0.15, 0.2) is 36.5 Å². The Hall–Kier alpha value is -2.80. The molecule has 2 aliphatic rings. The predicted octanol–water partition coefficient (Wildman–Crippen LogP) is 1.88. The van der Waals surface area contributed by atoms with Crippen molar-refractivity contribution >= 4 is 11.7 Å². The summed E-state index contributed by atoms with van der Waals surface area (Å²) in [7, 11) is 0. The van der Waals surface area contributed by atoms with Gasteiger partial charge in [0.15, 0.2) is 11.5 Å². The van der Waals surface area contributed by atoms with E-state index in [9.17, 15) is 4.79 Å². The van der Waals surface area contributed by atoms with Crippen LogP contribution in [-0.2, 0) is 6.54 Å². The zero-order valence-corrected chi connectivity index (χ0v) is 15.5. The Labute approximate surface area is 158 Å². The number of piperazine rings is 1. The number of rotatable bonds is 5. The van der Waals surface area contributed by atoms with Crippen molar-refractivity contribution in [3.63, 3.8) is 0 Å². The number of carbonyl (C=O) groups is 1. The first kappa shape index (κ1) is 17.6. The number of benzene rings is 1. The SMILES string of the molecule is CCN1CCN(c2ccc(C(=O)NCc3ccc4c(c3)OCO4)cn2)CC1. The van der Waals surface area contributed by atoms with Crippen molar-refractivity contribution in [3.8, 4) is 11.5 Å². The summed E-state index contributed by atoms with van der Waals surface area (Å²) in [5.41, 5.74) is 1.53. The Bertz CT molecular complexity index is 801. The van der Waals surface area contributed by atoms with Crippen LogP contribution in [0.1, 0.15) is 22.8 Å². The molecule has 2 aliphatic heterocycles. The van der Waals surface area contributed by atoms with Crippen LogP contribution in [0.3, 0.4) is 0 Å². The number of aromatic nitrogens is 1. The van der Waals surface area contributed by atoms with Gasteiger partial charge in [-0.25, -0.2) is 4.98 Å². The van der Waals surface area contributed by atoms with E-state index in [4.69, 9.17) is 9.47 Å². The molecule has 2 aromatic rings. The number of fused-ring (bicyclic) bond motifs is 1. The lowest BCUT2D eigenvalue weighted by Gasteiger charge is -2.34. The number of amides is 1. The summed E-state index contributed by atoms with van der Waals surface area (Å²) in [6.45, 7) is 7.99. The van der Waals surface area contributed by atoms with E-state index >= 15 is 0 Å². The maximum Gasteiger partial charge on any atom is 0.253 e. The topological polar surface area (TPSA) is 66.9 Å². The second-order valence-corrected chi connectivity index (χ2v) is 6.70. The Morgan fingerprint density at radius 2 is 1.93 bits per heavy atom. The van der Waals surface area contributed by atoms with Crippen LogP contribution >= 0.6 is 0 Å². The lowest BCUT2D eigenvalue weighted by Crippen LogP contribution is -2.46. The number of nitrogens with zero attached hydrogens (tertiary/aromatic N) is 3. The Morgan fingerprint density at radius 3 is 2.67 bits per heavy atom. The standard InChI is InChI=1S/C20H24N4O3/c1-2-23-7-9-24(10-8-23)19-6-4-16(13-21-19)20(25)22-12-15-3-5-17-18(11-15)27-14-26-17/h3-6,11,13H,2,7-10,12,14H2,1H3,(H,22,25). The van der Waals surface area contributed by atoms with Crippen LogP contribution in [0.25, 0.3) is 0 Å². The molecule has 1 saturated heterocycles. The fourth-order valence-electron chi connectivity index (χ4n) is 3.34. The zero-order chi connectivity index (χ0) is 18.6. The van der Waals surface area contributed by atoms with Gasteiger partial charge in [-0.15, -0.1) is 0 Å². The van der Waals surface area contributed by atoms with Gasteiger partial charge in [0.1, 0.15) is 5.82 Å². The number of hydrogen-bond donors (Lipinski definition) is 1. The summed E-state index contributed by atoms with van der Waals surface area (Å²) in [6.07, 6.45) is 1.65. The van der Waals surface area contributed by atoms with Crippen LogP contribution in [0.5, 0.6) is 11.5 Å². The van der Waals surface area contributed by atoms with E-state index in [1.54, 1.807) is 6.20 Å². The molecule has 4 rings (SSSR count). The van der Waals surface area contributed by atoms with Crippen molar-refractivity contribution in [3.05, 3.63) is 47.7 Å². The van der Waals surface area contributed by atoms with E-state index in [0.717, 1.165) is 55.6 Å². The highest BCUT2D eigenvalue weighted by Crippen LogP contribution is 2.32. The van der Waals surface area contributed by atoms with Gasteiger partial charge in [0.05, 0.1) is 5.56 Å².